The summed E-state index contributed by atoms with van der Waals surface area (Å²) in [7, 11) is -2.62. The minimum atomic E-state index is -2.62. The van der Waals surface area contributed by atoms with Crippen molar-refractivity contribution in [3.8, 4) is 0 Å². The molecule has 0 aliphatic carbocycles. The molecular formula is C4H7N3O2S. The Kier molecular flexibility index (Phi) is 5.50. The summed E-state index contributed by atoms with van der Waals surface area (Å²) in [4.78, 5) is 0. The zero-order valence-electron chi connectivity index (χ0n) is 5.04. The fourth-order valence-electron chi connectivity index (χ4n) is 0.253. The van der Waals surface area contributed by atoms with Gasteiger partial charge in [0.25, 0.3) is 0 Å². The summed E-state index contributed by atoms with van der Waals surface area (Å²) >= 11 is 0. The molecule has 6 heteroatoms. The minimum absolute atomic E-state index is 1.64. The van der Waals surface area contributed by atoms with E-state index in [2.05, 4.69) is 15.3 Å². The first kappa shape index (κ1) is 8.99. The highest BCUT2D eigenvalue weighted by atomic mass is 32.2. The van der Waals surface area contributed by atoms with Crippen molar-refractivity contribution in [1.82, 2.24) is 10.2 Å². The average molecular weight is 161 g/mol. The van der Waals surface area contributed by atoms with Gasteiger partial charge in [-0.3, -0.25) is 0 Å². The molecule has 0 aliphatic heterocycles. The first-order chi connectivity index (χ1) is 4.73. The van der Waals surface area contributed by atoms with Crippen LogP contribution in [-0.2, 0) is 10.9 Å². The van der Waals surface area contributed by atoms with Gasteiger partial charge in [-0.05, 0) is 12.1 Å². The Morgan fingerprint density at radius 1 is 1.10 bits per heavy atom. The average Bonchev–Trinajstić information content (AvgIpc) is 1.90. The molecule has 0 saturated carbocycles. The van der Waals surface area contributed by atoms with Crippen LogP contribution in [0.4, 0.5) is 0 Å². The van der Waals surface area contributed by atoms with Crippen LogP contribution in [0.2, 0.25) is 0 Å². The van der Waals surface area contributed by atoms with E-state index in [9.17, 15) is 0 Å². The van der Waals surface area contributed by atoms with E-state index in [0.29, 0.717) is 0 Å². The van der Waals surface area contributed by atoms with Crippen LogP contribution in [0.5, 0.6) is 0 Å². The Morgan fingerprint density at radius 2 is 1.40 bits per heavy atom. The molecule has 0 spiro atoms. The fourth-order valence-corrected chi connectivity index (χ4v) is 0.253. The number of nitrogens with zero attached hydrogens (tertiary/aromatic N) is 2. The number of hydrogen-bond donors (Lipinski definition) is 2. The van der Waals surface area contributed by atoms with Gasteiger partial charge in [0, 0.05) is 12.4 Å². The molecular weight excluding hydrogens is 154 g/mol. The van der Waals surface area contributed by atoms with Gasteiger partial charge < -0.3 is 0 Å². The smallest absolute Gasteiger partial charge is 0.198 e. The SMILES string of the molecule is N[SH](=O)=O.c1ccnnc1. The summed E-state index contributed by atoms with van der Waals surface area (Å²) in [6.07, 6.45) is 3.28. The highest BCUT2D eigenvalue weighted by molar-refractivity contribution is 7.69. The Hall–Kier alpha value is -1.01. The number of hydrogen-bond acceptors (Lipinski definition) is 4. The predicted molar refractivity (Wildman–Crippen MR) is 36.5 cm³/mol. The van der Waals surface area contributed by atoms with E-state index in [4.69, 9.17) is 8.42 Å². The predicted octanol–water partition coefficient (Wildman–Crippen LogP) is -1.05. The minimum Gasteiger partial charge on any atom is -0.231 e. The second-order valence-electron chi connectivity index (χ2n) is 1.20. The molecule has 1 aromatic heterocycles. The first-order valence-corrected chi connectivity index (χ1v) is 3.59. The highest BCUT2D eigenvalue weighted by Crippen LogP contribution is 1.68. The molecule has 5 nitrogen and oxygen atoms in total. The fraction of sp³-hybridized carbons (Fsp3) is 0. The van der Waals surface area contributed by atoms with Gasteiger partial charge >= 0.3 is 0 Å². The molecule has 56 valence electrons. The summed E-state index contributed by atoms with van der Waals surface area (Å²) in [5, 5.41) is 11.1. The van der Waals surface area contributed by atoms with Gasteiger partial charge in [-0.2, -0.15) is 10.2 Å². The van der Waals surface area contributed by atoms with Crippen molar-refractivity contribution in [2.45, 2.75) is 0 Å². The molecule has 0 aliphatic rings. The Morgan fingerprint density at radius 3 is 1.50 bits per heavy atom. The van der Waals surface area contributed by atoms with Gasteiger partial charge in [0.1, 0.15) is 0 Å². The standard InChI is InChI=1S/C4H4N2.H3NO2S/c1-2-4-6-5-3-1;1-4(2)3/h1-4H;4H,(H2,1,2,3). The van der Waals surface area contributed by atoms with Crippen molar-refractivity contribution >= 4 is 10.9 Å². The summed E-state index contributed by atoms with van der Waals surface area (Å²) in [5.41, 5.74) is 0. The second-order valence-corrected chi connectivity index (χ2v) is 1.77. The van der Waals surface area contributed by atoms with Crippen LogP contribution in [0, 0.1) is 0 Å². The van der Waals surface area contributed by atoms with E-state index in [0.717, 1.165) is 0 Å². The van der Waals surface area contributed by atoms with E-state index in [1.54, 1.807) is 12.4 Å². The number of aromatic nitrogens is 2. The zero-order valence-corrected chi connectivity index (χ0v) is 5.94. The van der Waals surface area contributed by atoms with Gasteiger partial charge in [0.05, 0.1) is 0 Å². The van der Waals surface area contributed by atoms with Gasteiger partial charge in [-0.25, -0.2) is 13.6 Å². The van der Waals surface area contributed by atoms with Gasteiger partial charge in [0.2, 0.25) is 0 Å². The monoisotopic (exact) mass is 161 g/mol. The third kappa shape index (κ3) is 10.1. The number of nitrogens with two attached hydrogens (primary N) is 1. The third-order valence-corrected chi connectivity index (χ3v) is 0.483. The molecule has 0 amide bonds. The molecule has 1 aromatic rings. The molecule has 1 heterocycles. The van der Waals surface area contributed by atoms with Crippen molar-refractivity contribution in [2.75, 3.05) is 0 Å². The van der Waals surface area contributed by atoms with Crippen LogP contribution in [0.3, 0.4) is 0 Å². The lowest BCUT2D eigenvalue weighted by molar-refractivity contribution is 0.616. The maximum absolute atomic E-state index is 8.81. The van der Waals surface area contributed by atoms with Crippen LogP contribution >= 0.6 is 0 Å². The Labute approximate surface area is 60.0 Å². The third-order valence-electron chi connectivity index (χ3n) is 0.483. The summed E-state index contributed by atoms with van der Waals surface area (Å²) < 4.78 is 17.6. The largest absolute Gasteiger partial charge is 0.231 e. The van der Waals surface area contributed by atoms with Crippen LogP contribution in [0.25, 0.3) is 0 Å². The number of thiol groups is 1. The quantitative estimate of drug-likeness (QED) is 0.475. The lowest BCUT2D eigenvalue weighted by atomic mass is 10.6. The van der Waals surface area contributed by atoms with E-state index in [1.807, 2.05) is 12.1 Å². The van der Waals surface area contributed by atoms with E-state index in [-0.39, 0.29) is 0 Å². The van der Waals surface area contributed by atoms with Crippen LogP contribution < -0.4 is 5.14 Å². The maximum Gasteiger partial charge on any atom is 0.198 e. The van der Waals surface area contributed by atoms with E-state index < -0.39 is 10.9 Å². The van der Waals surface area contributed by atoms with Crippen LogP contribution in [0.1, 0.15) is 0 Å². The summed E-state index contributed by atoms with van der Waals surface area (Å²) in [6.45, 7) is 0. The molecule has 0 bridgehead atoms. The molecule has 0 saturated heterocycles. The van der Waals surface area contributed by atoms with Crippen LogP contribution in [0.15, 0.2) is 24.5 Å². The van der Waals surface area contributed by atoms with Gasteiger partial charge in [-0.1, -0.05) is 0 Å². The van der Waals surface area contributed by atoms with E-state index in [1.165, 1.54) is 0 Å². The summed E-state index contributed by atoms with van der Waals surface area (Å²) in [5.74, 6) is 0. The lowest BCUT2D eigenvalue weighted by Gasteiger charge is -1.69. The second kappa shape index (κ2) is 6.12. The first-order valence-electron chi connectivity index (χ1n) is 2.34. The maximum atomic E-state index is 8.81. The lowest BCUT2D eigenvalue weighted by Crippen LogP contribution is -1.85. The van der Waals surface area contributed by atoms with Crippen molar-refractivity contribution in [3.63, 3.8) is 0 Å². The number of rotatable bonds is 0. The highest BCUT2D eigenvalue weighted by Gasteiger charge is 1.59. The Balaban J connectivity index is 0.000000180. The summed E-state index contributed by atoms with van der Waals surface area (Å²) in [6, 6.07) is 3.65. The topological polar surface area (TPSA) is 85.9 Å². The van der Waals surface area contributed by atoms with E-state index >= 15 is 0 Å². The van der Waals surface area contributed by atoms with Crippen molar-refractivity contribution in [1.29, 1.82) is 0 Å². The molecule has 0 radical (unpaired) electrons. The molecule has 0 atom stereocenters. The molecule has 10 heavy (non-hydrogen) atoms. The van der Waals surface area contributed by atoms with Crippen molar-refractivity contribution in [2.24, 2.45) is 5.14 Å². The molecule has 0 aromatic carbocycles. The van der Waals surface area contributed by atoms with Gasteiger partial charge in [0.15, 0.2) is 10.9 Å². The van der Waals surface area contributed by atoms with Gasteiger partial charge in [-0.15, -0.1) is 0 Å². The Bertz CT molecular complexity index is 188. The molecule has 0 unspecified atom stereocenters. The molecule has 0 fully saturated rings. The molecule has 2 N–H and O–H groups in total. The molecule has 1 rings (SSSR count). The zero-order chi connectivity index (χ0) is 7.82. The van der Waals surface area contributed by atoms with Crippen LogP contribution in [-0.4, -0.2) is 18.6 Å². The normalized spacial score (nSPS) is 8.20. The van der Waals surface area contributed by atoms with Crippen molar-refractivity contribution < 1.29 is 8.42 Å². The van der Waals surface area contributed by atoms with Crippen molar-refractivity contribution in [3.05, 3.63) is 24.5 Å².